The second-order valence-corrected chi connectivity index (χ2v) is 7.42. The normalized spacial score (nSPS) is 17.2. The van der Waals surface area contributed by atoms with Crippen molar-refractivity contribution < 1.29 is 9.32 Å². The zero-order valence-corrected chi connectivity index (χ0v) is 16.4. The Morgan fingerprint density at radius 3 is 3.03 bits per heavy atom. The van der Waals surface area contributed by atoms with Gasteiger partial charge in [0, 0.05) is 43.3 Å². The Morgan fingerprint density at radius 1 is 1.31 bits per heavy atom. The maximum absolute atomic E-state index is 12.3. The quantitative estimate of drug-likeness (QED) is 0.688. The highest BCUT2D eigenvalue weighted by molar-refractivity contribution is 5.91. The average Bonchev–Trinajstić information content (AvgIpc) is 3.22. The highest BCUT2D eigenvalue weighted by Gasteiger charge is 2.22. The molecule has 8 nitrogen and oxygen atoms in total. The van der Waals surface area contributed by atoms with E-state index in [1.807, 2.05) is 25.1 Å². The van der Waals surface area contributed by atoms with E-state index in [0.29, 0.717) is 24.7 Å². The molecule has 1 fully saturated rings. The van der Waals surface area contributed by atoms with E-state index in [2.05, 4.69) is 30.3 Å². The van der Waals surface area contributed by atoms with Crippen LogP contribution in [-0.2, 0) is 6.54 Å². The van der Waals surface area contributed by atoms with Crippen molar-refractivity contribution in [1.29, 1.82) is 0 Å². The molecule has 3 aromatic rings. The molecule has 1 saturated heterocycles. The van der Waals surface area contributed by atoms with Gasteiger partial charge in [-0.1, -0.05) is 5.16 Å². The fourth-order valence-electron chi connectivity index (χ4n) is 3.56. The van der Waals surface area contributed by atoms with Crippen molar-refractivity contribution in [2.45, 2.75) is 26.3 Å². The lowest BCUT2D eigenvalue weighted by molar-refractivity contribution is 0.0922. The third kappa shape index (κ3) is 5.03. The van der Waals surface area contributed by atoms with Gasteiger partial charge in [0.25, 0.3) is 5.91 Å². The molecule has 1 N–H and O–H groups in total. The third-order valence-electron chi connectivity index (χ3n) is 5.06. The Morgan fingerprint density at radius 2 is 2.24 bits per heavy atom. The van der Waals surface area contributed by atoms with E-state index in [1.54, 1.807) is 18.6 Å². The van der Waals surface area contributed by atoms with Crippen molar-refractivity contribution in [3.05, 3.63) is 60.1 Å². The van der Waals surface area contributed by atoms with E-state index in [0.717, 1.165) is 48.6 Å². The van der Waals surface area contributed by atoms with Crippen LogP contribution in [0.15, 0.2) is 47.5 Å². The number of nitrogens with zero attached hydrogens (tertiary/aromatic N) is 5. The third-order valence-corrected chi connectivity index (χ3v) is 5.06. The largest absolute Gasteiger partial charge is 0.359 e. The number of aromatic nitrogens is 4. The van der Waals surface area contributed by atoms with E-state index in [-0.39, 0.29) is 5.91 Å². The summed E-state index contributed by atoms with van der Waals surface area (Å²) in [7, 11) is 0. The number of aryl methyl sites for hydroxylation is 1. The molecule has 1 unspecified atom stereocenters. The molecule has 4 rings (SSSR count). The van der Waals surface area contributed by atoms with Gasteiger partial charge in [-0.05, 0) is 44.4 Å². The number of hydrogen-bond acceptors (Lipinski definition) is 7. The molecule has 3 aromatic heterocycles. The summed E-state index contributed by atoms with van der Waals surface area (Å²) in [5.41, 5.74) is 2.89. The van der Waals surface area contributed by atoms with Crippen LogP contribution in [0, 0.1) is 12.8 Å². The Labute approximate surface area is 169 Å². The monoisotopic (exact) mass is 392 g/mol. The van der Waals surface area contributed by atoms with E-state index < -0.39 is 0 Å². The van der Waals surface area contributed by atoms with Crippen LogP contribution in [0.25, 0.3) is 11.3 Å². The van der Waals surface area contributed by atoms with Crippen molar-refractivity contribution >= 4 is 5.91 Å². The first-order chi connectivity index (χ1) is 14.2. The van der Waals surface area contributed by atoms with Gasteiger partial charge in [-0.3, -0.25) is 19.7 Å². The summed E-state index contributed by atoms with van der Waals surface area (Å²) >= 11 is 0. The van der Waals surface area contributed by atoms with Crippen LogP contribution in [-0.4, -0.2) is 50.5 Å². The Bertz CT molecular complexity index is 941. The number of carbonyl (C=O) groups excluding carboxylic acids is 1. The van der Waals surface area contributed by atoms with Gasteiger partial charge < -0.3 is 9.84 Å². The van der Waals surface area contributed by atoms with Crippen molar-refractivity contribution in [2.75, 3.05) is 19.6 Å². The number of pyridine rings is 1. The molecule has 0 aromatic carbocycles. The molecular weight excluding hydrogens is 368 g/mol. The van der Waals surface area contributed by atoms with Gasteiger partial charge in [0.15, 0.2) is 5.76 Å². The lowest BCUT2D eigenvalue weighted by atomic mass is 9.98. The number of likely N-dealkylation sites (tertiary alicyclic amines) is 1. The zero-order chi connectivity index (χ0) is 20.1. The molecule has 0 spiro atoms. The van der Waals surface area contributed by atoms with Gasteiger partial charge in [0.1, 0.15) is 11.4 Å². The Balaban J connectivity index is 1.29. The van der Waals surface area contributed by atoms with E-state index in [1.165, 1.54) is 6.20 Å². The molecule has 150 valence electrons. The first kappa shape index (κ1) is 19.2. The summed E-state index contributed by atoms with van der Waals surface area (Å²) in [6, 6.07) is 5.82. The summed E-state index contributed by atoms with van der Waals surface area (Å²) in [4.78, 5) is 27.0. The van der Waals surface area contributed by atoms with Crippen molar-refractivity contribution in [3.8, 4) is 11.3 Å². The van der Waals surface area contributed by atoms with Gasteiger partial charge in [0.05, 0.1) is 18.4 Å². The minimum absolute atomic E-state index is 0.175. The van der Waals surface area contributed by atoms with Crippen LogP contribution in [0.2, 0.25) is 0 Å². The maximum atomic E-state index is 12.3. The topological polar surface area (TPSA) is 97.0 Å². The smallest absolute Gasteiger partial charge is 0.271 e. The van der Waals surface area contributed by atoms with Crippen LogP contribution in [0.4, 0.5) is 0 Å². The van der Waals surface area contributed by atoms with Crippen LogP contribution < -0.4 is 5.32 Å². The molecule has 8 heteroatoms. The molecule has 1 amide bonds. The van der Waals surface area contributed by atoms with Crippen LogP contribution >= 0.6 is 0 Å². The number of carbonyl (C=O) groups is 1. The molecule has 1 atom stereocenters. The van der Waals surface area contributed by atoms with Crippen molar-refractivity contribution in [3.63, 3.8) is 0 Å². The van der Waals surface area contributed by atoms with Crippen molar-refractivity contribution in [2.24, 2.45) is 5.92 Å². The molecule has 0 saturated carbocycles. The summed E-state index contributed by atoms with van der Waals surface area (Å²) in [5.74, 6) is 1.06. The molecule has 1 aliphatic heterocycles. The van der Waals surface area contributed by atoms with Gasteiger partial charge in [-0.25, -0.2) is 4.98 Å². The van der Waals surface area contributed by atoms with Gasteiger partial charge in [-0.15, -0.1) is 0 Å². The molecule has 0 radical (unpaired) electrons. The minimum atomic E-state index is -0.175. The molecule has 29 heavy (non-hydrogen) atoms. The van der Waals surface area contributed by atoms with E-state index in [4.69, 9.17) is 4.52 Å². The molecule has 1 aliphatic rings. The Hall–Kier alpha value is -3.13. The molecule has 0 bridgehead atoms. The summed E-state index contributed by atoms with van der Waals surface area (Å²) in [6.45, 7) is 5.10. The second-order valence-electron chi connectivity index (χ2n) is 7.42. The molecular formula is C21H24N6O2. The fraction of sp³-hybridized carbons (Fsp3) is 0.381. The standard InChI is InChI=1S/C21H24N6O2/c1-15-9-24-20(12-23-15)21(28)25-10-16-4-3-7-27(13-16)14-18-8-19(26-29-18)17-5-2-6-22-11-17/h2,5-6,8-9,11-12,16H,3-4,7,10,13-14H2,1H3,(H,25,28). The summed E-state index contributed by atoms with van der Waals surface area (Å²) < 4.78 is 5.52. The number of amides is 1. The maximum Gasteiger partial charge on any atom is 0.271 e. The number of nitrogens with one attached hydrogen (secondary N) is 1. The Kier molecular flexibility index (Phi) is 5.90. The van der Waals surface area contributed by atoms with E-state index in [9.17, 15) is 4.79 Å². The van der Waals surface area contributed by atoms with Gasteiger partial charge >= 0.3 is 0 Å². The number of rotatable bonds is 6. The lowest BCUT2D eigenvalue weighted by Crippen LogP contribution is -2.40. The first-order valence-electron chi connectivity index (χ1n) is 9.82. The number of piperidine rings is 1. The number of hydrogen-bond donors (Lipinski definition) is 1. The SMILES string of the molecule is Cc1cnc(C(=O)NCC2CCCN(Cc3cc(-c4cccnc4)no3)C2)cn1. The second kappa shape index (κ2) is 8.91. The van der Waals surface area contributed by atoms with Crippen LogP contribution in [0.5, 0.6) is 0 Å². The van der Waals surface area contributed by atoms with Crippen molar-refractivity contribution in [1.82, 2.24) is 30.3 Å². The highest BCUT2D eigenvalue weighted by atomic mass is 16.5. The highest BCUT2D eigenvalue weighted by Crippen LogP contribution is 2.21. The minimum Gasteiger partial charge on any atom is -0.359 e. The van der Waals surface area contributed by atoms with Crippen LogP contribution in [0.1, 0.15) is 34.8 Å². The average molecular weight is 392 g/mol. The summed E-state index contributed by atoms with van der Waals surface area (Å²) in [6.07, 6.45) is 8.82. The lowest BCUT2D eigenvalue weighted by Gasteiger charge is -2.32. The fourth-order valence-corrected chi connectivity index (χ4v) is 3.56. The van der Waals surface area contributed by atoms with E-state index >= 15 is 0 Å². The first-order valence-corrected chi connectivity index (χ1v) is 9.82. The molecule has 4 heterocycles. The van der Waals surface area contributed by atoms with Crippen LogP contribution in [0.3, 0.4) is 0 Å². The van der Waals surface area contributed by atoms with Gasteiger partial charge in [0.2, 0.25) is 0 Å². The zero-order valence-electron chi connectivity index (χ0n) is 16.4. The summed E-state index contributed by atoms with van der Waals surface area (Å²) in [5, 5.41) is 7.15. The predicted octanol–water partition coefficient (Wildman–Crippen LogP) is 2.48. The predicted molar refractivity (Wildman–Crippen MR) is 107 cm³/mol. The molecule has 0 aliphatic carbocycles. The van der Waals surface area contributed by atoms with Gasteiger partial charge in [-0.2, -0.15) is 0 Å².